The molecule has 3 aromatic carbocycles. The fourth-order valence-corrected chi connectivity index (χ4v) is 7.44. The van der Waals surface area contributed by atoms with Crippen LogP contribution in [0.4, 0.5) is 17.1 Å². The minimum Gasteiger partial charge on any atom is -0.507 e. The molecular weight excluding hydrogens is 563 g/mol. The Kier molecular flexibility index (Phi) is 9.24. The van der Waals surface area contributed by atoms with Crippen LogP contribution in [0.25, 0.3) is 6.08 Å². The van der Waals surface area contributed by atoms with E-state index in [4.69, 9.17) is 4.65 Å². The second kappa shape index (κ2) is 13.5. The van der Waals surface area contributed by atoms with Crippen molar-refractivity contribution in [2.75, 3.05) is 10.2 Å². The molecule has 7 nitrogen and oxygen atoms in total. The fraction of sp³-hybridized carbons (Fsp3) is 0.351. The van der Waals surface area contributed by atoms with Crippen LogP contribution in [-0.2, 0) is 14.2 Å². The maximum atomic E-state index is 14.1. The Balaban J connectivity index is 1.24. The molecule has 0 bridgehead atoms. The van der Waals surface area contributed by atoms with Gasteiger partial charge in [-0.25, -0.2) is 0 Å². The number of amides is 2. The summed E-state index contributed by atoms with van der Waals surface area (Å²) in [4.78, 5) is 29.4. The Morgan fingerprint density at radius 3 is 2.38 bits per heavy atom. The summed E-state index contributed by atoms with van der Waals surface area (Å²) in [5, 5.41) is 24.6. The standard InChI is InChI=1S/C37H41BN2O5/c1-3-10-26-22-30-35(37(43)40(36(30)42)29-18-16-28(17-19-29)39-27-12-6-5-7-13-27)31-23-38(44)45-33(34(26)31)20-15-24(4-2)21-25-11-8-9-14-32(25)41/h5-9,11-14,16-19,21,30-31,33,35,39,41,44H,3-4,10,15,20,22-23H2,1-2H3/b24-21+/t30-,31+,33-,35-/m1/s1. The van der Waals surface area contributed by atoms with Crippen molar-refractivity contribution < 1.29 is 24.4 Å². The number of fused-ring (bicyclic) bond motifs is 3. The molecule has 2 amide bonds. The number of nitrogens with one attached hydrogen (secondary N) is 1. The van der Waals surface area contributed by atoms with Crippen molar-refractivity contribution in [3.05, 3.63) is 101 Å². The van der Waals surface area contributed by atoms with Gasteiger partial charge in [0.1, 0.15) is 5.75 Å². The highest BCUT2D eigenvalue weighted by Crippen LogP contribution is 2.52. The van der Waals surface area contributed by atoms with Gasteiger partial charge in [-0.05, 0) is 92.4 Å². The van der Waals surface area contributed by atoms with Crippen molar-refractivity contribution in [2.45, 2.75) is 64.8 Å². The lowest BCUT2D eigenvalue weighted by atomic mass is 9.58. The summed E-state index contributed by atoms with van der Waals surface area (Å²) < 4.78 is 6.19. The van der Waals surface area contributed by atoms with Gasteiger partial charge in [-0.3, -0.25) is 14.5 Å². The number of imide groups is 1. The van der Waals surface area contributed by atoms with E-state index in [-0.39, 0.29) is 29.6 Å². The number of anilines is 3. The molecule has 45 heavy (non-hydrogen) atoms. The van der Waals surface area contributed by atoms with Gasteiger partial charge in [-0.15, -0.1) is 0 Å². The van der Waals surface area contributed by atoms with Crippen molar-refractivity contribution in [1.29, 1.82) is 0 Å². The van der Waals surface area contributed by atoms with Crippen LogP contribution in [0.3, 0.4) is 0 Å². The molecular formula is C37H41BN2O5. The predicted molar refractivity (Wildman–Crippen MR) is 179 cm³/mol. The number of allylic oxidation sites excluding steroid dienone is 2. The maximum Gasteiger partial charge on any atom is 0.455 e. The highest BCUT2D eigenvalue weighted by atomic mass is 16.5. The van der Waals surface area contributed by atoms with Crippen molar-refractivity contribution in [3.63, 3.8) is 0 Å². The Morgan fingerprint density at radius 2 is 1.67 bits per heavy atom. The summed E-state index contributed by atoms with van der Waals surface area (Å²) in [6, 6.07) is 24.6. The highest BCUT2D eigenvalue weighted by molar-refractivity contribution is 6.43. The van der Waals surface area contributed by atoms with Gasteiger partial charge in [-0.2, -0.15) is 0 Å². The number of rotatable bonds is 10. The van der Waals surface area contributed by atoms with Gasteiger partial charge in [0, 0.05) is 16.9 Å². The van der Waals surface area contributed by atoms with Gasteiger partial charge in [0.15, 0.2) is 0 Å². The number of aromatic hydroxyl groups is 1. The van der Waals surface area contributed by atoms with E-state index in [2.05, 4.69) is 19.2 Å². The van der Waals surface area contributed by atoms with Gasteiger partial charge in [-0.1, -0.05) is 73.9 Å². The first kappa shape index (κ1) is 30.9. The molecule has 2 saturated heterocycles. The van der Waals surface area contributed by atoms with Crippen LogP contribution in [0.1, 0.15) is 57.9 Å². The number of hydrogen-bond acceptors (Lipinski definition) is 6. The van der Waals surface area contributed by atoms with E-state index in [1.807, 2.05) is 78.9 Å². The van der Waals surface area contributed by atoms with Gasteiger partial charge in [0.2, 0.25) is 11.8 Å². The van der Waals surface area contributed by atoms with E-state index in [0.717, 1.165) is 48.2 Å². The second-order valence-corrected chi connectivity index (χ2v) is 12.4. The van der Waals surface area contributed by atoms with E-state index in [1.54, 1.807) is 6.07 Å². The highest BCUT2D eigenvalue weighted by Gasteiger charge is 2.57. The number of phenols is 1. The van der Waals surface area contributed by atoms with Crippen LogP contribution in [0, 0.1) is 17.8 Å². The van der Waals surface area contributed by atoms with Crippen molar-refractivity contribution in [2.24, 2.45) is 17.8 Å². The summed E-state index contributed by atoms with van der Waals surface area (Å²) >= 11 is 0. The summed E-state index contributed by atoms with van der Waals surface area (Å²) in [5.74, 6) is -1.29. The number of nitrogens with zero attached hydrogens (tertiary/aromatic N) is 1. The molecule has 1 aliphatic carbocycles. The Morgan fingerprint density at radius 1 is 0.956 bits per heavy atom. The first-order valence-electron chi connectivity index (χ1n) is 16.2. The Bertz CT molecular complexity index is 1600. The van der Waals surface area contributed by atoms with Gasteiger partial charge >= 0.3 is 7.12 Å². The average Bonchev–Trinajstić information content (AvgIpc) is 3.29. The predicted octanol–water partition coefficient (Wildman–Crippen LogP) is 7.51. The molecule has 4 atom stereocenters. The number of phenolic OH excluding ortho intramolecular Hbond substituents is 1. The number of hydrogen-bond donors (Lipinski definition) is 3. The molecule has 0 aromatic heterocycles. The van der Waals surface area contributed by atoms with Crippen LogP contribution < -0.4 is 10.2 Å². The first-order valence-corrected chi connectivity index (χ1v) is 16.2. The number of para-hydroxylation sites is 2. The zero-order chi connectivity index (χ0) is 31.5. The smallest absolute Gasteiger partial charge is 0.455 e. The van der Waals surface area contributed by atoms with Crippen LogP contribution in [0.15, 0.2) is 95.6 Å². The third kappa shape index (κ3) is 6.35. The summed E-state index contributed by atoms with van der Waals surface area (Å²) in [7, 11) is -1.00. The van der Waals surface area contributed by atoms with Crippen molar-refractivity contribution >= 4 is 42.1 Å². The van der Waals surface area contributed by atoms with E-state index in [9.17, 15) is 19.7 Å². The first-order chi connectivity index (χ1) is 21.9. The maximum absolute atomic E-state index is 14.1. The molecule has 0 unspecified atom stereocenters. The second-order valence-electron chi connectivity index (χ2n) is 12.4. The Hall–Kier alpha value is -4.14. The lowest BCUT2D eigenvalue weighted by molar-refractivity contribution is -0.122. The van der Waals surface area contributed by atoms with Gasteiger partial charge in [0.05, 0.1) is 23.6 Å². The van der Waals surface area contributed by atoms with E-state index in [0.29, 0.717) is 24.8 Å². The van der Waals surface area contributed by atoms with E-state index >= 15 is 0 Å². The van der Waals surface area contributed by atoms with Crippen LogP contribution in [0.2, 0.25) is 6.32 Å². The SMILES string of the molecule is CCCC1=C2[C@@H](CC/C(=C/c3ccccc3O)CC)OB(O)C[C@@H]2[C@@H]2C(=O)N(c3ccc(Nc4ccccc4)cc3)C(=O)[C@@H]2C1. The zero-order valence-corrected chi connectivity index (χ0v) is 26.0. The molecule has 2 fully saturated rings. The molecule has 3 N–H and O–H groups in total. The number of benzene rings is 3. The molecule has 3 aromatic rings. The molecule has 0 radical (unpaired) electrons. The lowest BCUT2D eigenvalue weighted by Crippen LogP contribution is -2.46. The van der Waals surface area contributed by atoms with Crippen LogP contribution in [-0.4, -0.2) is 35.2 Å². The average molecular weight is 605 g/mol. The van der Waals surface area contributed by atoms with Gasteiger partial charge in [0.25, 0.3) is 0 Å². The van der Waals surface area contributed by atoms with E-state index < -0.39 is 19.0 Å². The van der Waals surface area contributed by atoms with Gasteiger partial charge < -0.3 is 20.1 Å². The van der Waals surface area contributed by atoms with Crippen molar-refractivity contribution in [1.82, 2.24) is 0 Å². The third-order valence-electron chi connectivity index (χ3n) is 9.53. The monoisotopic (exact) mass is 604 g/mol. The third-order valence-corrected chi connectivity index (χ3v) is 9.53. The lowest BCUT2D eigenvalue weighted by Gasteiger charge is -2.43. The largest absolute Gasteiger partial charge is 0.507 e. The Labute approximate surface area is 265 Å². The molecule has 0 saturated carbocycles. The summed E-state index contributed by atoms with van der Waals surface area (Å²) in [6.07, 6.45) is 6.51. The molecule has 0 spiro atoms. The molecule has 2 heterocycles. The van der Waals surface area contributed by atoms with E-state index in [1.165, 1.54) is 16.0 Å². The normalized spacial score (nSPS) is 23.3. The fourth-order valence-electron chi connectivity index (χ4n) is 7.44. The van der Waals surface area contributed by atoms with Crippen LogP contribution in [0.5, 0.6) is 5.75 Å². The number of carbonyl (C=O) groups is 2. The summed E-state index contributed by atoms with van der Waals surface area (Å²) in [6.45, 7) is 4.23. The minimum atomic E-state index is -1.00. The quantitative estimate of drug-likeness (QED) is 0.126. The molecule has 8 heteroatoms. The minimum absolute atomic E-state index is 0.155. The number of carbonyl (C=O) groups excluding carboxylic acids is 2. The van der Waals surface area contributed by atoms with Crippen LogP contribution >= 0.6 is 0 Å². The van der Waals surface area contributed by atoms with Crippen molar-refractivity contribution in [3.8, 4) is 5.75 Å². The summed E-state index contributed by atoms with van der Waals surface area (Å²) in [5.41, 5.74) is 6.67. The topological polar surface area (TPSA) is 99.1 Å². The zero-order valence-electron chi connectivity index (χ0n) is 26.0. The molecule has 232 valence electrons. The molecule has 2 aliphatic heterocycles. The molecule has 3 aliphatic rings. The molecule has 6 rings (SSSR count).